The third-order valence-electron chi connectivity index (χ3n) is 3.64. The summed E-state index contributed by atoms with van der Waals surface area (Å²) in [4.78, 5) is 0. The van der Waals surface area contributed by atoms with Crippen LogP contribution < -0.4 is 5.32 Å². The second kappa shape index (κ2) is 7.31. The van der Waals surface area contributed by atoms with Crippen LogP contribution in [-0.4, -0.2) is 12.6 Å². The fourth-order valence-electron chi connectivity index (χ4n) is 2.39. The molecule has 0 bridgehead atoms. The van der Waals surface area contributed by atoms with Gasteiger partial charge in [0.1, 0.15) is 5.82 Å². The molecule has 0 saturated heterocycles. The lowest BCUT2D eigenvalue weighted by molar-refractivity contribution is 0.330. The molecule has 19 heavy (non-hydrogen) atoms. The molecule has 1 aromatic rings. The van der Waals surface area contributed by atoms with Crippen molar-refractivity contribution in [2.45, 2.75) is 52.0 Å². The molecular weight excluding hydrogens is 237 g/mol. The molecule has 0 aliphatic rings. The van der Waals surface area contributed by atoms with Crippen LogP contribution in [0.5, 0.6) is 0 Å². The van der Waals surface area contributed by atoms with Gasteiger partial charge in [-0.25, -0.2) is 4.39 Å². The SMILES string of the molecule is CC#CCCC(NCC)C(C)(C)c1ccc(F)cc1. The van der Waals surface area contributed by atoms with Gasteiger partial charge in [0.05, 0.1) is 0 Å². The number of hydrogen-bond donors (Lipinski definition) is 1. The Morgan fingerprint density at radius 1 is 1.26 bits per heavy atom. The Morgan fingerprint density at radius 2 is 1.89 bits per heavy atom. The summed E-state index contributed by atoms with van der Waals surface area (Å²) in [5, 5.41) is 3.53. The number of hydrogen-bond acceptors (Lipinski definition) is 1. The van der Waals surface area contributed by atoms with E-state index in [0.717, 1.165) is 24.9 Å². The molecule has 1 nitrogen and oxygen atoms in total. The van der Waals surface area contributed by atoms with Gasteiger partial charge in [0.25, 0.3) is 0 Å². The van der Waals surface area contributed by atoms with Crippen molar-refractivity contribution < 1.29 is 4.39 Å². The minimum absolute atomic E-state index is 0.0425. The zero-order chi connectivity index (χ0) is 14.3. The molecule has 0 radical (unpaired) electrons. The van der Waals surface area contributed by atoms with Gasteiger partial charge in [-0.05, 0) is 37.6 Å². The minimum Gasteiger partial charge on any atom is -0.313 e. The summed E-state index contributed by atoms with van der Waals surface area (Å²) < 4.78 is 13.0. The molecule has 1 atom stereocenters. The van der Waals surface area contributed by atoms with E-state index >= 15 is 0 Å². The molecule has 2 heteroatoms. The standard InChI is InChI=1S/C17H24FN/c1-5-7-8-9-16(19-6-2)17(3,4)14-10-12-15(18)13-11-14/h10-13,16,19H,6,8-9H2,1-4H3. The quantitative estimate of drug-likeness (QED) is 0.766. The van der Waals surface area contributed by atoms with Crippen LogP contribution in [0.15, 0.2) is 24.3 Å². The maximum Gasteiger partial charge on any atom is 0.123 e. The van der Waals surface area contributed by atoms with Crippen LogP contribution in [0, 0.1) is 17.7 Å². The van der Waals surface area contributed by atoms with E-state index in [4.69, 9.17) is 0 Å². The first-order valence-electron chi connectivity index (χ1n) is 6.91. The van der Waals surface area contributed by atoms with Crippen molar-refractivity contribution in [3.63, 3.8) is 0 Å². The monoisotopic (exact) mass is 261 g/mol. The van der Waals surface area contributed by atoms with Gasteiger partial charge >= 0.3 is 0 Å². The van der Waals surface area contributed by atoms with E-state index < -0.39 is 0 Å². The Kier molecular flexibility index (Phi) is 6.05. The Morgan fingerprint density at radius 3 is 2.42 bits per heavy atom. The number of likely N-dealkylation sites (N-methyl/N-ethyl adjacent to an activating group) is 1. The average Bonchev–Trinajstić information content (AvgIpc) is 2.38. The fourth-order valence-corrected chi connectivity index (χ4v) is 2.39. The van der Waals surface area contributed by atoms with Crippen molar-refractivity contribution in [1.82, 2.24) is 5.32 Å². The van der Waals surface area contributed by atoms with Crippen LogP contribution in [0.1, 0.15) is 46.1 Å². The second-order valence-corrected chi connectivity index (χ2v) is 5.30. The van der Waals surface area contributed by atoms with Crippen molar-refractivity contribution in [3.05, 3.63) is 35.6 Å². The summed E-state index contributed by atoms with van der Waals surface area (Å²) in [6.07, 6.45) is 1.89. The van der Waals surface area contributed by atoms with Gasteiger partial charge in [0.2, 0.25) is 0 Å². The lowest BCUT2D eigenvalue weighted by atomic mass is 9.76. The summed E-state index contributed by atoms with van der Waals surface area (Å²) in [5.74, 6) is 5.87. The highest BCUT2D eigenvalue weighted by molar-refractivity contribution is 5.26. The first-order valence-corrected chi connectivity index (χ1v) is 6.91. The number of nitrogens with one attached hydrogen (secondary N) is 1. The second-order valence-electron chi connectivity index (χ2n) is 5.30. The Labute approximate surface area is 116 Å². The highest BCUT2D eigenvalue weighted by atomic mass is 19.1. The maximum absolute atomic E-state index is 13.0. The lowest BCUT2D eigenvalue weighted by Crippen LogP contribution is -2.44. The van der Waals surface area contributed by atoms with E-state index in [1.54, 1.807) is 0 Å². The molecule has 1 rings (SSSR count). The zero-order valence-corrected chi connectivity index (χ0v) is 12.4. The van der Waals surface area contributed by atoms with Gasteiger partial charge in [-0.3, -0.25) is 0 Å². The van der Waals surface area contributed by atoms with Crippen LogP contribution in [0.25, 0.3) is 0 Å². The van der Waals surface area contributed by atoms with Crippen LogP contribution >= 0.6 is 0 Å². The Balaban J connectivity index is 2.89. The van der Waals surface area contributed by atoms with Crippen molar-refractivity contribution in [2.24, 2.45) is 0 Å². The number of halogens is 1. The van der Waals surface area contributed by atoms with Crippen LogP contribution in [0.3, 0.4) is 0 Å². The molecule has 1 unspecified atom stereocenters. The third-order valence-corrected chi connectivity index (χ3v) is 3.64. The van der Waals surface area contributed by atoms with Gasteiger partial charge in [0, 0.05) is 17.9 Å². The predicted octanol–water partition coefficient (Wildman–Crippen LogP) is 3.88. The summed E-state index contributed by atoms with van der Waals surface area (Å²) in [6.45, 7) is 9.31. The molecule has 0 spiro atoms. The van der Waals surface area contributed by atoms with E-state index in [2.05, 4.69) is 37.9 Å². The first-order chi connectivity index (χ1) is 9.02. The van der Waals surface area contributed by atoms with Crippen LogP contribution in [0.2, 0.25) is 0 Å². The van der Waals surface area contributed by atoms with E-state index in [0.29, 0.717) is 6.04 Å². The molecule has 1 N–H and O–H groups in total. The predicted molar refractivity (Wildman–Crippen MR) is 79.6 cm³/mol. The van der Waals surface area contributed by atoms with E-state index in [9.17, 15) is 4.39 Å². The van der Waals surface area contributed by atoms with E-state index in [1.807, 2.05) is 19.1 Å². The zero-order valence-electron chi connectivity index (χ0n) is 12.4. The molecule has 0 heterocycles. The summed E-state index contributed by atoms with van der Waals surface area (Å²) in [6, 6.07) is 7.16. The molecule has 0 amide bonds. The largest absolute Gasteiger partial charge is 0.313 e. The first kappa shape index (κ1) is 15.7. The fraction of sp³-hybridized carbons (Fsp3) is 0.529. The molecule has 1 aromatic carbocycles. The van der Waals surface area contributed by atoms with Crippen molar-refractivity contribution in [2.75, 3.05) is 6.54 Å². The molecule has 0 saturated carbocycles. The highest BCUT2D eigenvalue weighted by Crippen LogP contribution is 2.29. The summed E-state index contributed by atoms with van der Waals surface area (Å²) >= 11 is 0. The van der Waals surface area contributed by atoms with Gasteiger partial charge < -0.3 is 5.32 Å². The van der Waals surface area contributed by atoms with Gasteiger partial charge in [0.15, 0.2) is 0 Å². The smallest absolute Gasteiger partial charge is 0.123 e. The lowest BCUT2D eigenvalue weighted by Gasteiger charge is -2.35. The van der Waals surface area contributed by atoms with Crippen LogP contribution in [-0.2, 0) is 5.41 Å². The summed E-state index contributed by atoms with van der Waals surface area (Å²) in [5.41, 5.74) is 1.11. The molecule has 0 aromatic heterocycles. The van der Waals surface area contributed by atoms with E-state index in [1.165, 1.54) is 12.1 Å². The molecule has 0 aliphatic carbocycles. The molecule has 0 fully saturated rings. The minimum atomic E-state index is -0.184. The average molecular weight is 261 g/mol. The molecule has 0 aliphatic heterocycles. The Bertz CT molecular complexity index is 437. The highest BCUT2D eigenvalue weighted by Gasteiger charge is 2.30. The van der Waals surface area contributed by atoms with Crippen molar-refractivity contribution >= 4 is 0 Å². The van der Waals surface area contributed by atoms with Gasteiger partial charge in [-0.2, -0.15) is 0 Å². The van der Waals surface area contributed by atoms with E-state index in [-0.39, 0.29) is 11.2 Å². The summed E-state index contributed by atoms with van der Waals surface area (Å²) in [7, 11) is 0. The number of benzene rings is 1. The normalized spacial score (nSPS) is 12.7. The third kappa shape index (κ3) is 4.36. The van der Waals surface area contributed by atoms with Crippen molar-refractivity contribution in [1.29, 1.82) is 0 Å². The molecular formula is C17H24FN. The van der Waals surface area contributed by atoms with Crippen LogP contribution in [0.4, 0.5) is 4.39 Å². The van der Waals surface area contributed by atoms with Gasteiger partial charge in [-0.15, -0.1) is 11.8 Å². The molecule has 104 valence electrons. The Hall–Kier alpha value is -1.33. The maximum atomic E-state index is 13.0. The van der Waals surface area contributed by atoms with Crippen molar-refractivity contribution in [3.8, 4) is 11.8 Å². The van der Waals surface area contributed by atoms with Gasteiger partial charge in [-0.1, -0.05) is 32.9 Å². The topological polar surface area (TPSA) is 12.0 Å². The number of rotatable bonds is 6.